The maximum Gasteiger partial charge on any atom is 0.271 e. The molecule has 1 heterocycles. The smallest absolute Gasteiger partial charge is 0.271 e. The van der Waals surface area contributed by atoms with E-state index in [2.05, 4.69) is 10.2 Å². The quantitative estimate of drug-likeness (QED) is 0.672. The highest BCUT2D eigenvalue weighted by Crippen LogP contribution is 2.28. The van der Waals surface area contributed by atoms with Crippen LogP contribution in [0.1, 0.15) is 24.8 Å². The summed E-state index contributed by atoms with van der Waals surface area (Å²) < 4.78 is 0. The molecule has 1 aromatic carbocycles. The van der Waals surface area contributed by atoms with Gasteiger partial charge in [0.1, 0.15) is 0 Å². The molecule has 0 aliphatic carbocycles. The highest BCUT2D eigenvalue weighted by atomic mass is 16.6. The summed E-state index contributed by atoms with van der Waals surface area (Å²) in [6, 6.07) is 5.55. The molecule has 0 radical (unpaired) electrons. The molecule has 5 nitrogen and oxygen atoms in total. The van der Waals surface area contributed by atoms with Crippen molar-refractivity contribution in [1.29, 1.82) is 0 Å². The molecule has 1 atom stereocenters. The van der Waals surface area contributed by atoms with Crippen LogP contribution in [0.25, 0.3) is 0 Å². The number of nitro groups is 1. The summed E-state index contributed by atoms with van der Waals surface area (Å²) in [5.41, 5.74) is 2.23. The van der Waals surface area contributed by atoms with Gasteiger partial charge in [-0.25, -0.2) is 0 Å². The molecule has 1 fully saturated rings. The van der Waals surface area contributed by atoms with E-state index in [1.807, 2.05) is 20.0 Å². The number of nitrogens with zero attached hydrogens (tertiary/aromatic N) is 2. The normalized spacial score (nSPS) is 19.8. The van der Waals surface area contributed by atoms with Crippen molar-refractivity contribution in [3.63, 3.8) is 0 Å². The van der Waals surface area contributed by atoms with Gasteiger partial charge < -0.3 is 10.2 Å². The highest BCUT2D eigenvalue weighted by Gasteiger charge is 2.20. The first kappa shape index (κ1) is 13.8. The SMILES string of the molecule is Cc1ccc([N+](=O)[O-])cc1N(C)C1CCCNCC1. The molecule has 1 aliphatic heterocycles. The Hall–Kier alpha value is -1.62. The third kappa shape index (κ3) is 3.23. The highest BCUT2D eigenvalue weighted by molar-refractivity contribution is 5.58. The predicted molar refractivity (Wildman–Crippen MR) is 76.7 cm³/mol. The van der Waals surface area contributed by atoms with Gasteiger partial charge in [-0.2, -0.15) is 0 Å². The Labute approximate surface area is 113 Å². The van der Waals surface area contributed by atoms with E-state index < -0.39 is 0 Å². The predicted octanol–water partition coefficient (Wildman–Crippen LogP) is 2.48. The maximum atomic E-state index is 10.9. The van der Waals surface area contributed by atoms with Gasteiger partial charge in [-0.1, -0.05) is 6.07 Å². The lowest BCUT2D eigenvalue weighted by molar-refractivity contribution is -0.384. The fraction of sp³-hybridized carbons (Fsp3) is 0.571. The molecule has 1 saturated heterocycles. The number of aryl methyl sites for hydroxylation is 1. The first-order valence-corrected chi connectivity index (χ1v) is 6.78. The minimum absolute atomic E-state index is 0.166. The standard InChI is InChI=1S/C14H21N3O2/c1-11-5-6-13(17(18)19)10-14(11)16(2)12-4-3-8-15-9-7-12/h5-6,10,12,15H,3-4,7-9H2,1-2H3. The van der Waals surface area contributed by atoms with E-state index in [4.69, 9.17) is 0 Å². The molecule has 0 spiro atoms. The van der Waals surface area contributed by atoms with Crippen LogP contribution < -0.4 is 10.2 Å². The minimum atomic E-state index is -0.328. The van der Waals surface area contributed by atoms with E-state index in [1.54, 1.807) is 12.1 Å². The Balaban J connectivity index is 2.23. The monoisotopic (exact) mass is 263 g/mol. The number of anilines is 1. The summed E-state index contributed by atoms with van der Waals surface area (Å²) in [7, 11) is 2.04. The van der Waals surface area contributed by atoms with Gasteiger partial charge in [0.05, 0.1) is 4.92 Å². The van der Waals surface area contributed by atoms with Crippen LogP contribution in [0.15, 0.2) is 18.2 Å². The lowest BCUT2D eigenvalue weighted by atomic mass is 10.1. The third-order valence-corrected chi connectivity index (χ3v) is 3.88. The van der Waals surface area contributed by atoms with Crippen molar-refractivity contribution in [3.05, 3.63) is 33.9 Å². The van der Waals surface area contributed by atoms with E-state index in [0.717, 1.165) is 43.6 Å². The molecule has 0 bridgehead atoms. The van der Waals surface area contributed by atoms with Crippen molar-refractivity contribution in [2.75, 3.05) is 25.0 Å². The van der Waals surface area contributed by atoms with Crippen LogP contribution in [0.4, 0.5) is 11.4 Å². The Morgan fingerprint density at radius 1 is 1.37 bits per heavy atom. The number of hydrogen-bond acceptors (Lipinski definition) is 4. The van der Waals surface area contributed by atoms with Gasteiger partial charge in [-0.3, -0.25) is 10.1 Å². The average molecular weight is 263 g/mol. The van der Waals surface area contributed by atoms with E-state index in [9.17, 15) is 10.1 Å². The maximum absolute atomic E-state index is 10.9. The van der Waals surface area contributed by atoms with Gasteiger partial charge in [0.2, 0.25) is 0 Å². The molecular weight excluding hydrogens is 242 g/mol. The van der Waals surface area contributed by atoms with Crippen molar-refractivity contribution >= 4 is 11.4 Å². The van der Waals surface area contributed by atoms with Gasteiger partial charge in [0, 0.05) is 30.9 Å². The Morgan fingerprint density at radius 3 is 2.89 bits per heavy atom. The zero-order valence-electron chi connectivity index (χ0n) is 11.6. The molecule has 0 aromatic heterocycles. The second-order valence-electron chi connectivity index (χ2n) is 5.17. The summed E-state index contributed by atoms with van der Waals surface area (Å²) in [6.07, 6.45) is 3.37. The van der Waals surface area contributed by atoms with Gasteiger partial charge in [0.15, 0.2) is 0 Å². The van der Waals surface area contributed by atoms with E-state index in [-0.39, 0.29) is 10.6 Å². The molecule has 1 unspecified atom stereocenters. The largest absolute Gasteiger partial charge is 0.371 e. The van der Waals surface area contributed by atoms with Crippen molar-refractivity contribution < 1.29 is 4.92 Å². The van der Waals surface area contributed by atoms with Crippen LogP contribution >= 0.6 is 0 Å². The number of nitrogens with one attached hydrogen (secondary N) is 1. The first-order valence-electron chi connectivity index (χ1n) is 6.78. The minimum Gasteiger partial charge on any atom is -0.371 e. The Morgan fingerprint density at radius 2 is 2.16 bits per heavy atom. The van der Waals surface area contributed by atoms with Crippen LogP contribution in [0.5, 0.6) is 0 Å². The van der Waals surface area contributed by atoms with E-state index in [0.29, 0.717) is 6.04 Å². The van der Waals surface area contributed by atoms with Gasteiger partial charge in [-0.15, -0.1) is 0 Å². The van der Waals surface area contributed by atoms with Crippen LogP contribution in [0, 0.1) is 17.0 Å². The van der Waals surface area contributed by atoms with Gasteiger partial charge >= 0.3 is 0 Å². The van der Waals surface area contributed by atoms with Crippen LogP contribution in [0.3, 0.4) is 0 Å². The molecule has 0 saturated carbocycles. The van der Waals surface area contributed by atoms with Crippen LogP contribution in [-0.2, 0) is 0 Å². The number of non-ortho nitro benzene ring substituents is 1. The lowest BCUT2D eigenvalue weighted by Crippen LogP contribution is -2.32. The van der Waals surface area contributed by atoms with Crippen molar-refractivity contribution in [2.24, 2.45) is 0 Å². The molecule has 1 N–H and O–H groups in total. The molecule has 19 heavy (non-hydrogen) atoms. The molecule has 5 heteroatoms. The second-order valence-corrected chi connectivity index (χ2v) is 5.17. The van der Waals surface area contributed by atoms with E-state index in [1.165, 1.54) is 0 Å². The molecule has 0 amide bonds. The fourth-order valence-electron chi connectivity index (χ4n) is 2.68. The zero-order valence-corrected chi connectivity index (χ0v) is 11.6. The van der Waals surface area contributed by atoms with Gasteiger partial charge in [-0.05, 0) is 44.8 Å². The topological polar surface area (TPSA) is 58.4 Å². The number of hydrogen-bond donors (Lipinski definition) is 1. The molecule has 1 aromatic rings. The fourth-order valence-corrected chi connectivity index (χ4v) is 2.68. The molecule has 104 valence electrons. The molecule has 1 aliphatic rings. The summed E-state index contributed by atoms with van der Waals surface area (Å²) in [5, 5.41) is 14.3. The molecule has 2 rings (SSSR count). The van der Waals surface area contributed by atoms with Gasteiger partial charge in [0.25, 0.3) is 5.69 Å². The second kappa shape index (κ2) is 6.02. The van der Waals surface area contributed by atoms with Crippen molar-refractivity contribution in [2.45, 2.75) is 32.2 Å². The van der Waals surface area contributed by atoms with Crippen molar-refractivity contribution in [1.82, 2.24) is 5.32 Å². The van der Waals surface area contributed by atoms with Crippen LogP contribution in [0.2, 0.25) is 0 Å². The summed E-state index contributed by atoms with van der Waals surface area (Å²) >= 11 is 0. The number of rotatable bonds is 3. The number of benzene rings is 1. The first-order chi connectivity index (χ1) is 9.09. The summed E-state index contributed by atoms with van der Waals surface area (Å²) in [6.45, 7) is 4.09. The zero-order chi connectivity index (χ0) is 13.8. The Bertz CT molecular complexity index is 454. The summed E-state index contributed by atoms with van der Waals surface area (Å²) in [5.74, 6) is 0. The molecular formula is C14H21N3O2. The summed E-state index contributed by atoms with van der Waals surface area (Å²) in [4.78, 5) is 12.8. The lowest BCUT2D eigenvalue weighted by Gasteiger charge is -2.30. The average Bonchev–Trinajstić information content (AvgIpc) is 2.67. The number of nitro benzene ring substituents is 1. The van der Waals surface area contributed by atoms with Crippen LogP contribution in [-0.4, -0.2) is 31.1 Å². The van der Waals surface area contributed by atoms with E-state index >= 15 is 0 Å². The third-order valence-electron chi connectivity index (χ3n) is 3.88. The van der Waals surface area contributed by atoms with Crippen molar-refractivity contribution in [3.8, 4) is 0 Å². The Kier molecular flexibility index (Phi) is 4.37.